The molecule has 10 heteroatoms. The molecule has 1 aromatic carbocycles. The predicted octanol–water partition coefficient (Wildman–Crippen LogP) is 3.78. The van der Waals surface area contributed by atoms with Crippen LogP contribution in [0.4, 0.5) is 8.78 Å². The molecule has 0 spiro atoms. The normalized spacial score (nSPS) is 10.8. The second-order valence-electron chi connectivity index (χ2n) is 6.18. The van der Waals surface area contributed by atoms with Crippen LogP contribution in [0.15, 0.2) is 47.4 Å². The smallest absolute Gasteiger partial charge is 0.387 e. The average molecular weight is 435 g/mol. The molecule has 0 aliphatic carbocycles. The average Bonchev–Trinajstić information content (AvgIpc) is 2.72. The van der Waals surface area contributed by atoms with Crippen molar-refractivity contribution in [1.29, 1.82) is 0 Å². The quantitative estimate of drug-likeness (QED) is 0.590. The monoisotopic (exact) mass is 434 g/mol. The fourth-order valence-electron chi connectivity index (χ4n) is 2.61. The number of hydrogen-bond acceptors (Lipinski definition) is 5. The van der Waals surface area contributed by atoms with E-state index >= 15 is 0 Å². The molecule has 30 heavy (non-hydrogen) atoms. The van der Waals surface area contributed by atoms with Crippen molar-refractivity contribution in [2.24, 2.45) is 0 Å². The van der Waals surface area contributed by atoms with Crippen LogP contribution in [0.5, 0.6) is 5.75 Å². The van der Waals surface area contributed by atoms with Gasteiger partial charge in [-0.3, -0.25) is 14.6 Å². The minimum Gasteiger partial charge on any atom is -0.433 e. The van der Waals surface area contributed by atoms with Gasteiger partial charge in [0.2, 0.25) is 5.91 Å². The molecule has 0 saturated carbocycles. The number of amides is 1. The molecular formula is C20H17ClF2N4O3. The largest absolute Gasteiger partial charge is 0.433 e. The summed E-state index contributed by atoms with van der Waals surface area (Å²) in [5.74, 6) is 0.00920. The molecule has 0 aliphatic rings. The minimum atomic E-state index is -2.96. The standard InChI is InChI=1S/C20H17ClF2N4O3/c1-2-17(28)25-9-11-3-5-14(21)13(7-11)19-26-16(8-18(29)27-19)15-6-4-12(10-24-15)30-20(22)23/h3-8,10,20H,2,9H2,1H3,(H,25,28)(H,26,27,29). The number of aromatic amines is 1. The molecule has 0 radical (unpaired) electrons. The maximum Gasteiger partial charge on any atom is 0.387 e. The number of H-pyrrole nitrogens is 1. The summed E-state index contributed by atoms with van der Waals surface area (Å²) in [5.41, 5.74) is 1.34. The highest BCUT2D eigenvalue weighted by Crippen LogP contribution is 2.27. The molecule has 3 aromatic rings. The number of alkyl halides is 2. The molecule has 0 aliphatic heterocycles. The molecule has 2 N–H and O–H groups in total. The highest BCUT2D eigenvalue weighted by Gasteiger charge is 2.12. The number of nitrogens with zero attached hydrogens (tertiary/aromatic N) is 2. The van der Waals surface area contributed by atoms with E-state index in [1.807, 2.05) is 0 Å². The number of benzene rings is 1. The molecule has 2 heterocycles. The zero-order chi connectivity index (χ0) is 21.7. The van der Waals surface area contributed by atoms with Gasteiger partial charge in [0.15, 0.2) is 0 Å². The summed E-state index contributed by atoms with van der Waals surface area (Å²) in [5, 5.41) is 3.12. The Labute approximate surface area is 175 Å². The van der Waals surface area contributed by atoms with E-state index in [-0.39, 0.29) is 23.2 Å². The first-order chi connectivity index (χ1) is 14.4. The number of hydrogen-bond donors (Lipinski definition) is 2. The third kappa shape index (κ3) is 5.38. The van der Waals surface area contributed by atoms with Gasteiger partial charge in [0, 0.05) is 24.6 Å². The number of pyridine rings is 1. The SMILES string of the molecule is CCC(=O)NCc1ccc(Cl)c(-c2nc(-c3ccc(OC(F)F)cn3)cc(=O)[nH]2)c1. The van der Waals surface area contributed by atoms with Gasteiger partial charge in [-0.15, -0.1) is 0 Å². The number of halogens is 3. The van der Waals surface area contributed by atoms with Crippen molar-refractivity contribution in [3.63, 3.8) is 0 Å². The van der Waals surface area contributed by atoms with Crippen LogP contribution in [0, 0.1) is 0 Å². The van der Waals surface area contributed by atoms with Crippen molar-refractivity contribution in [3.8, 4) is 28.5 Å². The van der Waals surface area contributed by atoms with Crippen LogP contribution in [0.1, 0.15) is 18.9 Å². The summed E-state index contributed by atoms with van der Waals surface area (Å²) < 4.78 is 28.8. The molecular weight excluding hydrogens is 418 g/mol. The van der Waals surface area contributed by atoms with Crippen molar-refractivity contribution in [2.75, 3.05) is 0 Å². The first-order valence-electron chi connectivity index (χ1n) is 8.94. The Morgan fingerprint density at radius 1 is 1.23 bits per heavy atom. The van der Waals surface area contributed by atoms with Gasteiger partial charge in [-0.05, 0) is 29.8 Å². The molecule has 0 unspecified atom stereocenters. The zero-order valence-corrected chi connectivity index (χ0v) is 16.5. The van der Waals surface area contributed by atoms with E-state index in [0.29, 0.717) is 29.2 Å². The molecule has 7 nitrogen and oxygen atoms in total. The Bertz CT molecular complexity index is 1100. The summed E-state index contributed by atoms with van der Waals surface area (Å²) in [6, 6.07) is 9.08. The van der Waals surface area contributed by atoms with Gasteiger partial charge in [-0.1, -0.05) is 24.6 Å². The van der Waals surface area contributed by atoms with E-state index in [2.05, 4.69) is 25.0 Å². The summed E-state index contributed by atoms with van der Waals surface area (Å²) in [7, 11) is 0. The Hall–Kier alpha value is -3.33. The topological polar surface area (TPSA) is 97.0 Å². The molecule has 0 fully saturated rings. The van der Waals surface area contributed by atoms with Crippen LogP contribution in [0.3, 0.4) is 0 Å². The highest BCUT2D eigenvalue weighted by molar-refractivity contribution is 6.33. The van der Waals surface area contributed by atoms with Gasteiger partial charge in [-0.2, -0.15) is 8.78 Å². The van der Waals surface area contributed by atoms with Crippen molar-refractivity contribution >= 4 is 17.5 Å². The lowest BCUT2D eigenvalue weighted by Crippen LogP contribution is -2.21. The third-order valence-electron chi connectivity index (χ3n) is 4.06. The van der Waals surface area contributed by atoms with E-state index in [0.717, 1.165) is 11.8 Å². The molecule has 0 atom stereocenters. The van der Waals surface area contributed by atoms with Crippen LogP contribution >= 0.6 is 11.6 Å². The van der Waals surface area contributed by atoms with E-state index in [9.17, 15) is 18.4 Å². The Kier molecular flexibility index (Phi) is 6.73. The first kappa shape index (κ1) is 21.4. The fraction of sp³-hybridized carbons (Fsp3) is 0.200. The maximum absolute atomic E-state index is 12.3. The van der Waals surface area contributed by atoms with Crippen molar-refractivity contribution < 1.29 is 18.3 Å². The van der Waals surface area contributed by atoms with Crippen molar-refractivity contribution in [3.05, 3.63) is 63.5 Å². The Morgan fingerprint density at radius 2 is 2.03 bits per heavy atom. The second-order valence-corrected chi connectivity index (χ2v) is 6.59. The van der Waals surface area contributed by atoms with E-state index in [1.165, 1.54) is 18.2 Å². The maximum atomic E-state index is 12.3. The van der Waals surface area contributed by atoms with Gasteiger partial charge in [0.25, 0.3) is 5.56 Å². The number of nitrogens with one attached hydrogen (secondary N) is 2. The first-order valence-corrected chi connectivity index (χ1v) is 9.31. The van der Waals surface area contributed by atoms with Gasteiger partial charge >= 0.3 is 6.61 Å². The number of carbonyl (C=O) groups is 1. The highest BCUT2D eigenvalue weighted by atomic mass is 35.5. The molecule has 0 saturated heterocycles. The number of aromatic nitrogens is 3. The summed E-state index contributed by atoms with van der Waals surface area (Å²) in [6.07, 6.45) is 1.49. The second kappa shape index (κ2) is 9.45. The number of ether oxygens (including phenoxy) is 1. The van der Waals surface area contributed by atoms with Gasteiger partial charge in [0.05, 0.1) is 22.6 Å². The van der Waals surface area contributed by atoms with E-state index < -0.39 is 12.2 Å². The molecule has 2 aromatic heterocycles. The van der Waals surface area contributed by atoms with Crippen LogP contribution in [-0.4, -0.2) is 27.5 Å². The summed E-state index contributed by atoms with van der Waals surface area (Å²) in [6.45, 7) is -0.907. The molecule has 3 rings (SSSR count). The van der Waals surface area contributed by atoms with Gasteiger partial charge in [-0.25, -0.2) is 4.98 Å². The predicted molar refractivity (Wildman–Crippen MR) is 107 cm³/mol. The third-order valence-corrected chi connectivity index (χ3v) is 4.39. The Morgan fingerprint density at radius 3 is 2.70 bits per heavy atom. The van der Waals surface area contributed by atoms with Crippen molar-refractivity contribution in [1.82, 2.24) is 20.3 Å². The van der Waals surface area contributed by atoms with E-state index in [4.69, 9.17) is 11.6 Å². The van der Waals surface area contributed by atoms with Crippen LogP contribution in [-0.2, 0) is 11.3 Å². The Balaban J connectivity index is 1.93. The molecule has 1 amide bonds. The lowest BCUT2D eigenvalue weighted by molar-refractivity contribution is -0.120. The van der Waals surface area contributed by atoms with Crippen LogP contribution < -0.4 is 15.6 Å². The lowest BCUT2D eigenvalue weighted by atomic mass is 10.1. The lowest BCUT2D eigenvalue weighted by Gasteiger charge is -2.10. The minimum absolute atomic E-state index is 0.0922. The van der Waals surface area contributed by atoms with Gasteiger partial charge in [0.1, 0.15) is 11.6 Å². The number of rotatable bonds is 7. The zero-order valence-electron chi connectivity index (χ0n) is 15.8. The van der Waals surface area contributed by atoms with E-state index in [1.54, 1.807) is 25.1 Å². The van der Waals surface area contributed by atoms with Crippen LogP contribution in [0.25, 0.3) is 22.8 Å². The molecule has 0 bridgehead atoms. The van der Waals surface area contributed by atoms with Gasteiger partial charge < -0.3 is 15.0 Å². The summed E-state index contributed by atoms with van der Waals surface area (Å²) in [4.78, 5) is 34.7. The van der Waals surface area contributed by atoms with Crippen molar-refractivity contribution in [2.45, 2.75) is 26.5 Å². The number of carbonyl (C=O) groups excluding carboxylic acids is 1. The fourth-order valence-corrected chi connectivity index (χ4v) is 2.82. The molecule has 156 valence electrons. The van der Waals surface area contributed by atoms with Crippen LogP contribution in [0.2, 0.25) is 5.02 Å². The summed E-state index contributed by atoms with van der Waals surface area (Å²) >= 11 is 6.29.